The van der Waals surface area contributed by atoms with E-state index in [1.165, 1.54) is 12.4 Å². The predicted molar refractivity (Wildman–Crippen MR) is 65.4 cm³/mol. The van der Waals surface area contributed by atoms with Crippen molar-refractivity contribution < 1.29 is 4.74 Å². The van der Waals surface area contributed by atoms with E-state index in [2.05, 4.69) is 25.9 Å². The highest BCUT2D eigenvalue weighted by Gasteiger charge is 2.01. The third kappa shape index (κ3) is 2.49. The monoisotopic (exact) mass is 279 g/mol. The molecule has 0 radical (unpaired) electrons. The van der Waals surface area contributed by atoms with Crippen LogP contribution in [0.5, 0.6) is 11.6 Å². The van der Waals surface area contributed by atoms with Crippen LogP contribution in [0.1, 0.15) is 5.56 Å². The number of nitrogens with two attached hydrogens (primary N) is 1. The van der Waals surface area contributed by atoms with Gasteiger partial charge in [-0.3, -0.25) is 4.98 Å². The average molecular weight is 280 g/mol. The molecule has 0 saturated heterocycles. The second kappa shape index (κ2) is 4.49. The van der Waals surface area contributed by atoms with Crippen LogP contribution in [-0.2, 0) is 0 Å². The second-order valence-corrected chi connectivity index (χ2v) is 4.15. The van der Waals surface area contributed by atoms with E-state index in [1.807, 2.05) is 25.1 Å². The summed E-state index contributed by atoms with van der Waals surface area (Å²) in [6.45, 7) is 1.99. The summed E-state index contributed by atoms with van der Waals surface area (Å²) in [6, 6.07) is 5.68. The van der Waals surface area contributed by atoms with Crippen LogP contribution in [0.25, 0.3) is 0 Å². The van der Waals surface area contributed by atoms with Gasteiger partial charge in [-0.15, -0.1) is 0 Å². The normalized spacial score (nSPS) is 10.1. The quantitative estimate of drug-likeness (QED) is 0.918. The van der Waals surface area contributed by atoms with E-state index in [4.69, 9.17) is 10.5 Å². The summed E-state index contributed by atoms with van der Waals surface area (Å²) >= 11 is 3.42. The molecule has 0 aliphatic carbocycles. The Morgan fingerprint density at radius 2 is 2.12 bits per heavy atom. The van der Waals surface area contributed by atoms with Gasteiger partial charge in [0.2, 0.25) is 5.88 Å². The first-order valence-corrected chi connectivity index (χ1v) is 5.46. The number of nitrogens with zero attached hydrogens (tertiary/aromatic N) is 2. The number of aromatic nitrogens is 2. The third-order valence-electron chi connectivity index (χ3n) is 1.98. The van der Waals surface area contributed by atoms with E-state index in [-0.39, 0.29) is 0 Å². The molecule has 2 N–H and O–H groups in total. The van der Waals surface area contributed by atoms with E-state index in [0.29, 0.717) is 17.4 Å². The lowest BCUT2D eigenvalue weighted by Gasteiger charge is -2.06. The maximum atomic E-state index is 5.52. The van der Waals surface area contributed by atoms with Crippen molar-refractivity contribution in [3.05, 3.63) is 40.6 Å². The molecule has 2 rings (SSSR count). The Morgan fingerprint density at radius 3 is 2.81 bits per heavy atom. The number of ether oxygens (including phenoxy) is 1. The van der Waals surface area contributed by atoms with Gasteiger partial charge in [0, 0.05) is 4.47 Å². The van der Waals surface area contributed by atoms with E-state index in [9.17, 15) is 0 Å². The van der Waals surface area contributed by atoms with Crippen LogP contribution in [0.4, 0.5) is 5.82 Å². The maximum Gasteiger partial charge on any atom is 0.239 e. The predicted octanol–water partition coefficient (Wildman–Crippen LogP) is 2.92. The molecule has 1 aromatic carbocycles. The molecule has 82 valence electrons. The van der Waals surface area contributed by atoms with Crippen molar-refractivity contribution in [2.24, 2.45) is 0 Å². The fourth-order valence-corrected chi connectivity index (χ4v) is 1.46. The van der Waals surface area contributed by atoms with Crippen molar-refractivity contribution in [2.45, 2.75) is 6.92 Å². The maximum absolute atomic E-state index is 5.52. The zero-order chi connectivity index (χ0) is 11.5. The van der Waals surface area contributed by atoms with Crippen LogP contribution < -0.4 is 10.5 Å². The molecule has 0 bridgehead atoms. The highest BCUT2D eigenvalue weighted by Crippen LogP contribution is 2.24. The fraction of sp³-hybridized carbons (Fsp3) is 0.0909. The van der Waals surface area contributed by atoms with E-state index in [0.717, 1.165) is 10.0 Å². The summed E-state index contributed by atoms with van der Waals surface area (Å²) in [5.74, 6) is 1.44. The molecule has 2 aromatic rings. The number of hydrogen-bond acceptors (Lipinski definition) is 4. The molecule has 5 heteroatoms. The van der Waals surface area contributed by atoms with Crippen molar-refractivity contribution in [3.63, 3.8) is 0 Å². The number of benzene rings is 1. The minimum atomic E-state index is 0.339. The third-order valence-corrected chi connectivity index (χ3v) is 2.87. The van der Waals surface area contributed by atoms with Gasteiger partial charge in [-0.05, 0) is 30.7 Å². The summed E-state index contributed by atoms with van der Waals surface area (Å²) in [6.07, 6.45) is 2.99. The number of halogens is 1. The van der Waals surface area contributed by atoms with Gasteiger partial charge in [-0.2, -0.15) is 4.98 Å². The Labute approximate surface area is 102 Å². The smallest absolute Gasteiger partial charge is 0.239 e. The molecular weight excluding hydrogens is 270 g/mol. The molecule has 0 spiro atoms. The average Bonchev–Trinajstić information content (AvgIpc) is 2.24. The molecule has 0 unspecified atom stereocenters. The molecule has 1 aromatic heterocycles. The van der Waals surface area contributed by atoms with Crippen LogP contribution in [0, 0.1) is 6.92 Å². The highest BCUT2D eigenvalue weighted by atomic mass is 79.9. The lowest BCUT2D eigenvalue weighted by atomic mass is 10.2. The molecule has 1 heterocycles. The molecule has 0 aliphatic heterocycles. The molecule has 0 aliphatic rings. The minimum absolute atomic E-state index is 0.339. The van der Waals surface area contributed by atoms with Crippen molar-refractivity contribution >= 4 is 21.7 Å². The topological polar surface area (TPSA) is 61.0 Å². The largest absolute Gasteiger partial charge is 0.437 e. The first-order chi connectivity index (χ1) is 7.65. The molecular formula is C11H10BrN3O. The number of anilines is 1. The fourth-order valence-electron chi connectivity index (χ4n) is 1.21. The highest BCUT2D eigenvalue weighted by molar-refractivity contribution is 9.10. The summed E-state index contributed by atoms with van der Waals surface area (Å²) in [5, 5.41) is 0. The van der Waals surface area contributed by atoms with Crippen molar-refractivity contribution in [1.29, 1.82) is 0 Å². The first kappa shape index (κ1) is 10.9. The number of hydrogen-bond donors (Lipinski definition) is 1. The summed E-state index contributed by atoms with van der Waals surface area (Å²) in [5.41, 5.74) is 6.60. The molecule has 16 heavy (non-hydrogen) atoms. The minimum Gasteiger partial charge on any atom is -0.437 e. The zero-order valence-corrected chi connectivity index (χ0v) is 10.2. The van der Waals surface area contributed by atoms with Crippen molar-refractivity contribution in [3.8, 4) is 11.6 Å². The summed E-state index contributed by atoms with van der Waals surface area (Å²) in [4.78, 5) is 7.90. The van der Waals surface area contributed by atoms with Crippen LogP contribution in [0.2, 0.25) is 0 Å². The number of aryl methyl sites for hydroxylation is 1. The Bertz CT molecular complexity index is 516. The zero-order valence-electron chi connectivity index (χ0n) is 8.64. The summed E-state index contributed by atoms with van der Waals surface area (Å²) in [7, 11) is 0. The van der Waals surface area contributed by atoms with Crippen LogP contribution in [0.15, 0.2) is 35.1 Å². The Kier molecular flexibility index (Phi) is 3.05. The van der Waals surface area contributed by atoms with E-state index < -0.39 is 0 Å². The van der Waals surface area contributed by atoms with Crippen molar-refractivity contribution in [2.75, 3.05) is 5.73 Å². The van der Waals surface area contributed by atoms with Gasteiger partial charge in [0.1, 0.15) is 11.6 Å². The Morgan fingerprint density at radius 1 is 1.31 bits per heavy atom. The molecule has 0 fully saturated rings. The van der Waals surface area contributed by atoms with Crippen LogP contribution in [-0.4, -0.2) is 9.97 Å². The lowest BCUT2D eigenvalue weighted by Crippen LogP contribution is -1.94. The molecule has 4 nitrogen and oxygen atoms in total. The van der Waals surface area contributed by atoms with Gasteiger partial charge in [-0.25, -0.2) is 0 Å². The Balaban J connectivity index is 2.24. The first-order valence-electron chi connectivity index (χ1n) is 4.66. The second-order valence-electron chi connectivity index (χ2n) is 3.30. The van der Waals surface area contributed by atoms with E-state index in [1.54, 1.807) is 0 Å². The van der Waals surface area contributed by atoms with E-state index >= 15 is 0 Å². The van der Waals surface area contributed by atoms with Gasteiger partial charge < -0.3 is 10.5 Å². The van der Waals surface area contributed by atoms with Gasteiger partial charge in [-0.1, -0.05) is 15.9 Å². The van der Waals surface area contributed by atoms with Crippen LogP contribution >= 0.6 is 15.9 Å². The standard InChI is InChI=1S/C11H10BrN3O/c1-7-4-8(2-3-9(7)12)16-11-6-14-5-10(13)15-11/h2-6H,1H3,(H2,13,15). The number of rotatable bonds is 2. The summed E-state index contributed by atoms with van der Waals surface area (Å²) < 4.78 is 6.56. The molecule has 0 amide bonds. The van der Waals surface area contributed by atoms with Crippen molar-refractivity contribution in [1.82, 2.24) is 9.97 Å². The van der Waals surface area contributed by atoms with Gasteiger partial charge in [0.05, 0.1) is 12.4 Å². The van der Waals surface area contributed by atoms with Gasteiger partial charge in [0.15, 0.2) is 0 Å². The number of nitrogen functional groups attached to an aromatic ring is 1. The molecule has 0 saturated carbocycles. The Hall–Kier alpha value is -1.62. The SMILES string of the molecule is Cc1cc(Oc2cncc(N)n2)ccc1Br. The van der Waals surface area contributed by atoms with Gasteiger partial charge >= 0.3 is 0 Å². The molecule has 0 atom stereocenters. The van der Waals surface area contributed by atoms with Crippen LogP contribution in [0.3, 0.4) is 0 Å². The van der Waals surface area contributed by atoms with Gasteiger partial charge in [0.25, 0.3) is 0 Å². The lowest BCUT2D eigenvalue weighted by molar-refractivity contribution is 0.460.